The summed E-state index contributed by atoms with van der Waals surface area (Å²) in [5.74, 6) is 1.53. The van der Waals surface area contributed by atoms with Crippen LogP contribution >= 0.6 is 11.3 Å². The van der Waals surface area contributed by atoms with Crippen LogP contribution in [0.5, 0.6) is 0 Å². The van der Waals surface area contributed by atoms with Gasteiger partial charge in [-0.3, -0.25) is 4.90 Å². The largest absolute Gasteiger partial charge is 0.379 e. The molecule has 3 aromatic rings. The average Bonchev–Trinajstić information content (AvgIpc) is 3.26. The molecule has 7 nitrogen and oxygen atoms in total. The summed E-state index contributed by atoms with van der Waals surface area (Å²) >= 11 is 1.84. The van der Waals surface area contributed by atoms with Crippen molar-refractivity contribution in [3.05, 3.63) is 16.8 Å². The molecule has 1 N–H and O–H groups in total. The van der Waals surface area contributed by atoms with Crippen LogP contribution in [0.15, 0.2) is 6.33 Å². The third kappa shape index (κ3) is 2.86. The number of anilines is 1. The van der Waals surface area contributed by atoms with Gasteiger partial charge in [-0.25, -0.2) is 9.97 Å². The maximum Gasteiger partial charge on any atom is 0.227 e. The van der Waals surface area contributed by atoms with E-state index >= 15 is 0 Å². The molecule has 3 aromatic heterocycles. The molecule has 1 atom stereocenters. The van der Waals surface area contributed by atoms with E-state index in [1.807, 2.05) is 15.9 Å². The summed E-state index contributed by atoms with van der Waals surface area (Å²) in [4.78, 5) is 14.5. The van der Waals surface area contributed by atoms with Gasteiger partial charge in [-0.15, -0.1) is 11.3 Å². The molecule has 8 heteroatoms. The van der Waals surface area contributed by atoms with Gasteiger partial charge in [0.2, 0.25) is 5.95 Å². The Labute approximate surface area is 156 Å². The second-order valence-corrected chi connectivity index (χ2v) is 8.43. The van der Waals surface area contributed by atoms with Gasteiger partial charge in [0.1, 0.15) is 11.2 Å². The Bertz CT molecular complexity index is 929. The zero-order valence-corrected chi connectivity index (χ0v) is 15.9. The summed E-state index contributed by atoms with van der Waals surface area (Å²) in [5.41, 5.74) is 2.39. The molecule has 2 aliphatic rings. The molecular formula is C18H24N6OS. The molecule has 0 spiro atoms. The molecule has 1 aliphatic carbocycles. The number of hydrogen-bond donors (Lipinski definition) is 1. The van der Waals surface area contributed by atoms with Crippen LogP contribution in [0.25, 0.3) is 15.9 Å². The molecule has 138 valence electrons. The molecule has 26 heavy (non-hydrogen) atoms. The molecule has 0 aromatic carbocycles. The lowest BCUT2D eigenvalue weighted by Gasteiger charge is -2.26. The van der Waals surface area contributed by atoms with E-state index in [1.54, 1.807) is 6.33 Å². The fraction of sp³-hybridized carbons (Fsp3) is 0.611. The van der Waals surface area contributed by atoms with Crippen LogP contribution < -0.4 is 5.32 Å². The number of fused-ring (bicyclic) bond motifs is 5. The smallest absolute Gasteiger partial charge is 0.227 e. The number of nitrogens with one attached hydrogen (secondary N) is 1. The summed E-state index contributed by atoms with van der Waals surface area (Å²) in [5, 5.41) is 9.12. The molecule has 0 radical (unpaired) electrons. The number of nitrogens with zero attached hydrogens (tertiary/aromatic N) is 5. The molecule has 0 bridgehead atoms. The number of ether oxygens (including phenoxy) is 1. The predicted molar refractivity (Wildman–Crippen MR) is 103 cm³/mol. The van der Waals surface area contributed by atoms with Crippen molar-refractivity contribution in [2.75, 3.05) is 44.7 Å². The third-order valence-electron chi connectivity index (χ3n) is 5.48. The maximum absolute atomic E-state index is 5.41. The Morgan fingerprint density at radius 2 is 2.23 bits per heavy atom. The Morgan fingerprint density at radius 3 is 3.12 bits per heavy atom. The zero-order valence-electron chi connectivity index (χ0n) is 15.1. The monoisotopic (exact) mass is 372 g/mol. The first-order valence-electron chi connectivity index (χ1n) is 9.47. The normalized spacial score (nSPS) is 21.3. The zero-order chi connectivity index (χ0) is 17.5. The van der Waals surface area contributed by atoms with Crippen LogP contribution in [-0.4, -0.2) is 63.9 Å². The first kappa shape index (κ1) is 16.4. The van der Waals surface area contributed by atoms with Gasteiger partial charge < -0.3 is 10.1 Å². The Morgan fingerprint density at radius 1 is 1.35 bits per heavy atom. The number of aromatic nitrogens is 4. The van der Waals surface area contributed by atoms with Crippen LogP contribution in [0.2, 0.25) is 0 Å². The van der Waals surface area contributed by atoms with Crippen LogP contribution in [0, 0.1) is 5.92 Å². The van der Waals surface area contributed by atoms with Crippen molar-refractivity contribution in [2.45, 2.75) is 26.2 Å². The Kier molecular flexibility index (Phi) is 4.26. The minimum atomic E-state index is 0.731. The number of aryl methyl sites for hydroxylation is 1. The van der Waals surface area contributed by atoms with E-state index < -0.39 is 0 Å². The summed E-state index contributed by atoms with van der Waals surface area (Å²) in [6, 6.07) is 0. The van der Waals surface area contributed by atoms with Crippen molar-refractivity contribution in [3.8, 4) is 0 Å². The van der Waals surface area contributed by atoms with Crippen molar-refractivity contribution in [2.24, 2.45) is 5.92 Å². The number of rotatable bonds is 4. The van der Waals surface area contributed by atoms with E-state index in [4.69, 9.17) is 9.72 Å². The van der Waals surface area contributed by atoms with E-state index in [0.717, 1.165) is 74.6 Å². The summed E-state index contributed by atoms with van der Waals surface area (Å²) in [6.45, 7) is 7.83. The van der Waals surface area contributed by atoms with Gasteiger partial charge in [-0.2, -0.15) is 9.61 Å². The van der Waals surface area contributed by atoms with Gasteiger partial charge in [-0.1, -0.05) is 6.92 Å². The topological polar surface area (TPSA) is 67.6 Å². The van der Waals surface area contributed by atoms with Gasteiger partial charge in [0.15, 0.2) is 5.65 Å². The van der Waals surface area contributed by atoms with Gasteiger partial charge >= 0.3 is 0 Å². The number of hydrogen-bond acceptors (Lipinski definition) is 7. The van der Waals surface area contributed by atoms with Crippen molar-refractivity contribution in [3.63, 3.8) is 0 Å². The van der Waals surface area contributed by atoms with Gasteiger partial charge in [0.05, 0.1) is 18.6 Å². The van der Waals surface area contributed by atoms with Gasteiger partial charge in [-0.05, 0) is 30.7 Å². The quantitative estimate of drug-likeness (QED) is 0.757. The molecule has 0 amide bonds. The standard InChI is InChI=1S/C18H24N6OS/c1-12-2-3-14-13(10-12)15-16-20-11-21-24(16)18(22-17(15)26-14)19-4-5-23-6-8-25-9-7-23/h11-12H,2-10H2,1H3,(H,19,22)/t12-/m1/s1. The highest BCUT2D eigenvalue weighted by molar-refractivity contribution is 7.19. The molecule has 1 saturated heterocycles. The third-order valence-corrected chi connectivity index (χ3v) is 6.67. The van der Waals surface area contributed by atoms with E-state index in [9.17, 15) is 0 Å². The molecule has 0 saturated carbocycles. The highest BCUT2D eigenvalue weighted by Crippen LogP contribution is 2.39. The molecule has 1 aliphatic heterocycles. The van der Waals surface area contributed by atoms with Crippen LogP contribution in [-0.2, 0) is 17.6 Å². The maximum atomic E-state index is 5.41. The van der Waals surface area contributed by atoms with Crippen LogP contribution in [0.1, 0.15) is 23.8 Å². The minimum absolute atomic E-state index is 0.731. The van der Waals surface area contributed by atoms with E-state index in [2.05, 4.69) is 27.2 Å². The Balaban J connectivity index is 1.45. The minimum Gasteiger partial charge on any atom is -0.379 e. The average molecular weight is 372 g/mol. The second-order valence-electron chi connectivity index (χ2n) is 7.34. The number of morpholine rings is 1. The first-order valence-corrected chi connectivity index (χ1v) is 10.3. The lowest BCUT2D eigenvalue weighted by atomic mass is 9.89. The second kappa shape index (κ2) is 6.75. The molecule has 0 unspecified atom stereocenters. The highest BCUT2D eigenvalue weighted by atomic mass is 32.1. The van der Waals surface area contributed by atoms with Crippen molar-refractivity contribution in [1.82, 2.24) is 24.5 Å². The predicted octanol–water partition coefficient (Wildman–Crippen LogP) is 2.21. The molecule has 1 fully saturated rings. The van der Waals surface area contributed by atoms with E-state index in [1.165, 1.54) is 22.2 Å². The van der Waals surface area contributed by atoms with Crippen molar-refractivity contribution in [1.29, 1.82) is 0 Å². The van der Waals surface area contributed by atoms with Crippen LogP contribution in [0.4, 0.5) is 5.95 Å². The molecule has 4 heterocycles. The van der Waals surface area contributed by atoms with Gasteiger partial charge in [0, 0.05) is 31.1 Å². The summed E-state index contributed by atoms with van der Waals surface area (Å²) in [7, 11) is 0. The van der Waals surface area contributed by atoms with E-state index in [0.29, 0.717) is 0 Å². The molecule has 5 rings (SSSR count). The highest BCUT2D eigenvalue weighted by Gasteiger charge is 2.24. The van der Waals surface area contributed by atoms with E-state index in [-0.39, 0.29) is 0 Å². The summed E-state index contributed by atoms with van der Waals surface area (Å²) < 4.78 is 7.28. The van der Waals surface area contributed by atoms with Crippen molar-refractivity contribution < 1.29 is 4.74 Å². The van der Waals surface area contributed by atoms with Crippen molar-refractivity contribution >= 4 is 33.1 Å². The fourth-order valence-corrected chi connectivity index (χ4v) is 5.24. The lowest BCUT2D eigenvalue weighted by Crippen LogP contribution is -2.39. The van der Waals surface area contributed by atoms with Gasteiger partial charge in [0.25, 0.3) is 0 Å². The fourth-order valence-electron chi connectivity index (χ4n) is 4.03. The molecular weight excluding hydrogens is 348 g/mol. The lowest BCUT2D eigenvalue weighted by molar-refractivity contribution is 0.0398. The first-order chi connectivity index (χ1) is 12.8. The van der Waals surface area contributed by atoms with Crippen LogP contribution in [0.3, 0.4) is 0 Å². The SMILES string of the molecule is C[C@@H]1CCc2sc3nc(NCCN4CCOCC4)n4ncnc4c3c2C1. The number of thiophene rings is 1. The Hall–Kier alpha value is -1.77. The summed E-state index contributed by atoms with van der Waals surface area (Å²) in [6.07, 6.45) is 5.20.